The number of hydrogen-bond acceptors (Lipinski definition) is 4. The van der Waals surface area contributed by atoms with Gasteiger partial charge < -0.3 is 18.8 Å². The molecule has 26 heavy (non-hydrogen) atoms. The van der Waals surface area contributed by atoms with Gasteiger partial charge in [-0.05, 0) is 32.0 Å². The summed E-state index contributed by atoms with van der Waals surface area (Å²) in [4.78, 5) is 13.9. The van der Waals surface area contributed by atoms with Crippen LogP contribution in [-0.2, 0) is 18.7 Å². The molecule has 148 valence electrons. The van der Waals surface area contributed by atoms with Crippen molar-refractivity contribution < 1.29 is 18.7 Å². The molecule has 4 atom stereocenters. The van der Waals surface area contributed by atoms with Gasteiger partial charge in [0.15, 0.2) is 14.6 Å². The Hall–Kier alpha value is -0.953. The third-order valence-electron chi connectivity index (χ3n) is 5.62. The highest BCUT2D eigenvalue weighted by Gasteiger charge is 2.45. The molecule has 6 heteroatoms. The molecule has 2 aliphatic heterocycles. The summed E-state index contributed by atoms with van der Waals surface area (Å²) in [5.41, 5.74) is 1.18. The van der Waals surface area contributed by atoms with E-state index in [4.69, 9.17) is 13.9 Å². The summed E-state index contributed by atoms with van der Waals surface area (Å²) in [6.07, 6.45) is 5.48. The molecule has 5 nitrogen and oxygen atoms in total. The van der Waals surface area contributed by atoms with Crippen LogP contribution in [0.15, 0.2) is 23.8 Å². The first-order valence-corrected chi connectivity index (χ1v) is 12.4. The highest BCUT2D eigenvalue weighted by molar-refractivity contribution is 6.74. The van der Waals surface area contributed by atoms with Crippen molar-refractivity contribution in [2.24, 2.45) is 0 Å². The van der Waals surface area contributed by atoms with Crippen molar-refractivity contribution in [1.82, 2.24) is 4.90 Å². The summed E-state index contributed by atoms with van der Waals surface area (Å²) in [5, 5.41) is 0.162. The number of allylic oxidation sites excluding steroid dienone is 1. The molecule has 0 aliphatic carbocycles. The number of ether oxygens (including phenoxy) is 2. The smallest absolute Gasteiger partial charge is 0.220 e. The zero-order valence-corrected chi connectivity index (χ0v) is 18.5. The minimum Gasteiger partial charge on any atom is -0.414 e. The first-order chi connectivity index (χ1) is 11.9. The van der Waals surface area contributed by atoms with E-state index in [0.29, 0.717) is 13.2 Å². The Kier molecular flexibility index (Phi) is 6.54. The van der Waals surface area contributed by atoms with E-state index in [1.807, 2.05) is 32.1 Å². The molecule has 0 unspecified atom stereocenters. The fourth-order valence-electron chi connectivity index (χ4n) is 2.80. The molecule has 0 aromatic carbocycles. The van der Waals surface area contributed by atoms with E-state index in [0.717, 1.165) is 0 Å². The molecule has 1 saturated heterocycles. The fraction of sp³-hybridized carbons (Fsp3) is 0.750. The maximum absolute atomic E-state index is 12.1. The van der Waals surface area contributed by atoms with E-state index in [2.05, 4.69) is 33.9 Å². The summed E-state index contributed by atoms with van der Waals surface area (Å²) in [6, 6.07) is -0.197. The van der Waals surface area contributed by atoms with Gasteiger partial charge in [0.25, 0.3) is 0 Å². The topological polar surface area (TPSA) is 48.0 Å². The average Bonchev–Trinajstić information content (AvgIpc) is 2.82. The van der Waals surface area contributed by atoms with Crippen LogP contribution in [0.3, 0.4) is 0 Å². The first-order valence-electron chi connectivity index (χ1n) is 9.46. The molecule has 0 saturated carbocycles. The molecular formula is C20H35NO4Si. The van der Waals surface area contributed by atoms with Crippen molar-refractivity contribution in [2.45, 2.75) is 84.2 Å². The second-order valence-electron chi connectivity index (χ2n) is 9.04. The van der Waals surface area contributed by atoms with Crippen molar-refractivity contribution >= 4 is 14.2 Å². The summed E-state index contributed by atoms with van der Waals surface area (Å²) in [7, 11) is -1.83. The van der Waals surface area contributed by atoms with Gasteiger partial charge in [0.1, 0.15) is 18.2 Å². The minimum atomic E-state index is -1.83. The number of amides is 1. The molecule has 2 rings (SSSR count). The highest BCUT2D eigenvalue weighted by Crippen LogP contribution is 2.38. The average molecular weight is 382 g/mol. The fourth-order valence-corrected chi connectivity index (χ4v) is 3.82. The van der Waals surface area contributed by atoms with Crippen LogP contribution in [0, 0.1) is 0 Å². The van der Waals surface area contributed by atoms with Gasteiger partial charge in [0.05, 0.1) is 6.61 Å². The molecule has 2 heterocycles. The van der Waals surface area contributed by atoms with Crippen LogP contribution in [0.2, 0.25) is 18.1 Å². The van der Waals surface area contributed by atoms with Crippen LogP contribution in [0.4, 0.5) is 0 Å². The Balaban J connectivity index is 2.02. The van der Waals surface area contributed by atoms with Gasteiger partial charge in [-0.2, -0.15) is 0 Å². The molecule has 0 aromatic rings. The van der Waals surface area contributed by atoms with Crippen molar-refractivity contribution in [3.63, 3.8) is 0 Å². The Morgan fingerprint density at radius 2 is 1.85 bits per heavy atom. The maximum atomic E-state index is 12.1. The van der Waals surface area contributed by atoms with Gasteiger partial charge in [-0.15, -0.1) is 0 Å². The quantitative estimate of drug-likeness (QED) is 0.518. The monoisotopic (exact) mass is 381 g/mol. The molecular weight excluding hydrogens is 346 g/mol. The zero-order chi connectivity index (χ0) is 19.7. The van der Waals surface area contributed by atoms with E-state index < -0.39 is 14.6 Å². The SMILES string of the molecule is CC(=O)N(CC=C(C)C)[C@@H]1C=C[C@@H]2O[C@H]1O[C@H]2CO[Si](C)(C)C(C)(C)C. The third kappa shape index (κ3) is 4.85. The van der Waals surface area contributed by atoms with Gasteiger partial charge >= 0.3 is 0 Å². The molecule has 0 aromatic heterocycles. The standard InChI is InChI=1S/C20H35NO4Si/c1-14(2)11-12-21(15(3)22)16-9-10-17-18(25-19(16)24-17)13-23-26(7,8)20(4,5)6/h9-11,16-19H,12-13H2,1-8H3/t16-,17+,18+,19+/m1/s1. The molecule has 2 aliphatic rings. The van der Waals surface area contributed by atoms with Crippen LogP contribution in [-0.4, -0.2) is 56.8 Å². The Morgan fingerprint density at radius 1 is 1.19 bits per heavy atom. The van der Waals surface area contributed by atoms with Crippen LogP contribution >= 0.6 is 0 Å². The summed E-state index contributed by atoms with van der Waals surface area (Å²) < 4.78 is 18.5. The molecule has 2 bridgehead atoms. The summed E-state index contributed by atoms with van der Waals surface area (Å²) in [6.45, 7) is 17.9. The van der Waals surface area contributed by atoms with Crippen molar-refractivity contribution in [2.75, 3.05) is 13.2 Å². The van der Waals surface area contributed by atoms with Crippen LogP contribution in [0.1, 0.15) is 41.5 Å². The lowest BCUT2D eigenvalue weighted by molar-refractivity contribution is -0.144. The zero-order valence-electron chi connectivity index (χ0n) is 17.5. The number of hydrogen-bond donors (Lipinski definition) is 0. The van der Waals surface area contributed by atoms with E-state index >= 15 is 0 Å². The number of carbonyl (C=O) groups excluding carboxylic acids is 1. The number of rotatable bonds is 6. The van der Waals surface area contributed by atoms with Crippen molar-refractivity contribution in [3.8, 4) is 0 Å². The van der Waals surface area contributed by atoms with Gasteiger partial charge in [0.2, 0.25) is 5.91 Å². The highest BCUT2D eigenvalue weighted by atomic mass is 28.4. The molecule has 1 amide bonds. The lowest BCUT2D eigenvalue weighted by Gasteiger charge is -2.37. The van der Waals surface area contributed by atoms with Gasteiger partial charge in [-0.1, -0.05) is 44.6 Å². The van der Waals surface area contributed by atoms with Crippen LogP contribution < -0.4 is 0 Å². The van der Waals surface area contributed by atoms with E-state index in [-0.39, 0.29) is 29.2 Å². The lowest BCUT2D eigenvalue weighted by atomic mass is 10.1. The van der Waals surface area contributed by atoms with Crippen molar-refractivity contribution in [3.05, 3.63) is 23.8 Å². The predicted molar refractivity (Wildman–Crippen MR) is 106 cm³/mol. The van der Waals surface area contributed by atoms with Crippen LogP contribution in [0.5, 0.6) is 0 Å². The normalized spacial score (nSPS) is 28.2. The number of nitrogens with zero attached hydrogens (tertiary/aromatic N) is 1. The lowest BCUT2D eigenvalue weighted by Crippen LogP contribution is -2.47. The molecule has 0 spiro atoms. The molecule has 0 radical (unpaired) electrons. The Morgan fingerprint density at radius 3 is 2.38 bits per heavy atom. The predicted octanol–water partition coefficient (Wildman–Crippen LogP) is 3.87. The largest absolute Gasteiger partial charge is 0.414 e. The minimum absolute atomic E-state index is 0.0174. The van der Waals surface area contributed by atoms with E-state index in [1.165, 1.54) is 5.57 Å². The van der Waals surface area contributed by atoms with E-state index in [9.17, 15) is 4.79 Å². The van der Waals surface area contributed by atoms with Crippen LogP contribution in [0.25, 0.3) is 0 Å². The summed E-state index contributed by atoms with van der Waals surface area (Å²) >= 11 is 0. The second-order valence-corrected chi connectivity index (χ2v) is 13.9. The number of carbonyl (C=O) groups is 1. The van der Waals surface area contributed by atoms with Crippen molar-refractivity contribution in [1.29, 1.82) is 0 Å². The Bertz CT molecular complexity index is 575. The van der Waals surface area contributed by atoms with Gasteiger partial charge in [-0.3, -0.25) is 4.79 Å². The third-order valence-corrected chi connectivity index (χ3v) is 10.1. The molecule has 0 N–H and O–H groups in total. The Labute approximate surface area is 159 Å². The van der Waals surface area contributed by atoms with E-state index in [1.54, 1.807) is 11.8 Å². The second kappa shape index (κ2) is 7.96. The van der Waals surface area contributed by atoms with Gasteiger partial charge in [-0.25, -0.2) is 0 Å². The summed E-state index contributed by atoms with van der Waals surface area (Å²) in [5.74, 6) is 0.0174. The first kappa shape index (κ1) is 21.3. The molecule has 1 fully saturated rings. The maximum Gasteiger partial charge on any atom is 0.220 e. The number of fused-ring (bicyclic) bond motifs is 2. The van der Waals surface area contributed by atoms with Gasteiger partial charge in [0, 0.05) is 13.5 Å².